The van der Waals surface area contributed by atoms with Gasteiger partial charge < -0.3 is 5.32 Å². The van der Waals surface area contributed by atoms with Gasteiger partial charge in [0, 0.05) is 18.2 Å². The van der Waals surface area contributed by atoms with Crippen LogP contribution in [0.1, 0.15) is 42.9 Å². The lowest BCUT2D eigenvalue weighted by Crippen LogP contribution is -2.25. The second-order valence-corrected chi connectivity index (χ2v) is 8.76. The Morgan fingerprint density at radius 3 is 2.44 bits per heavy atom. The van der Waals surface area contributed by atoms with Crippen molar-refractivity contribution in [1.29, 1.82) is 0 Å². The maximum Gasteiger partial charge on any atom is 0.240 e. The summed E-state index contributed by atoms with van der Waals surface area (Å²) in [7, 11) is -3.43. The first-order valence-electron chi connectivity index (χ1n) is 9.38. The number of nitrogens with one attached hydrogen (secondary N) is 2. The molecular formula is C21H26N2O3S. The smallest absolute Gasteiger partial charge is 0.240 e. The minimum atomic E-state index is -3.43. The Bertz CT molecular complexity index is 917. The highest BCUT2D eigenvalue weighted by molar-refractivity contribution is 7.89. The first-order chi connectivity index (χ1) is 12.9. The molecule has 5 nitrogen and oxygen atoms in total. The third-order valence-electron chi connectivity index (χ3n) is 4.78. The predicted molar refractivity (Wildman–Crippen MR) is 107 cm³/mol. The van der Waals surface area contributed by atoms with E-state index in [9.17, 15) is 13.2 Å². The van der Waals surface area contributed by atoms with Crippen LogP contribution in [0, 0.1) is 6.92 Å². The number of hydrogen-bond donors (Lipinski definition) is 2. The van der Waals surface area contributed by atoms with E-state index < -0.39 is 10.0 Å². The summed E-state index contributed by atoms with van der Waals surface area (Å²) in [5, 5.41) is 3.02. The van der Waals surface area contributed by atoms with Crippen LogP contribution >= 0.6 is 0 Å². The normalized spacial score (nSPS) is 14.1. The molecule has 1 aliphatic carbocycles. The van der Waals surface area contributed by atoms with Gasteiger partial charge in [0.05, 0.1) is 4.90 Å². The summed E-state index contributed by atoms with van der Waals surface area (Å²) in [6.45, 7) is 4.06. The molecule has 0 bridgehead atoms. The van der Waals surface area contributed by atoms with Gasteiger partial charge in [0.15, 0.2) is 0 Å². The molecule has 3 rings (SSSR count). The number of amides is 1. The first kappa shape index (κ1) is 19.6. The zero-order chi connectivity index (χ0) is 19.4. The summed E-state index contributed by atoms with van der Waals surface area (Å²) in [5.41, 5.74) is 4.02. The number of para-hydroxylation sites is 1. The number of benzene rings is 2. The molecule has 1 amide bonds. The van der Waals surface area contributed by atoms with Crippen LogP contribution in [0.2, 0.25) is 0 Å². The van der Waals surface area contributed by atoms with Crippen LogP contribution in [0.15, 0.2) is 47.4 Å². The number of hydrogen-bond acceptors (Lipinski definition) is 3. The van der Waals surface area contributed by atoms with E-state index in [1.165, 1.54) is 0 Å². The topological polar surface area (TPSA) is 75.3 Å². The first-order valence-corrected chi connectivity index (χ1v) is 10.9. The third kappa shape index (κ3) is 5.17. The van der Waals surface area contributed by atoms with Crippen molar-refractivity contribution in [2.75, 3.05) is 5.32 Å². The Balaban J connectivity index is 1.58. The number of carbonyl (C=O) groups excluding carboxylic acids is 1. The van der Waals surface area contributed by atoms with Gasteiger partial charge in [-0.25, -0.2) is 13.1 Å². The number of anilines is 1. The zero-order valence-electron chi connectivity index (χ0n) is 15.8. The average molecular weight is 387 g/mol. The summed E-state index contributed by atoms with van der Waals surface area (Å²) < 4.78 is 27.0. The van der Waals surface area contributed by atoms with Crippen LogP contribution in [-0.4, -0.2) is 20.4 Å². The number of aryl methyl sites for hydroxylation is 3. The molecule has 1 saturated carbocycles. The molecule has 0 radical (unpaired) electrons. The van der Waals surface area contributed by atoms with Crippen LogP contribution in [-0.2, 0) is 27.7 Å². The molecule has 6 heteroatoms. The van der Waals surface area contributed by atoms with Gasteiger partial charge in [0.1, 0.15) is 0 Å². The van der Waals surface area contributed by atoms with Gasteiger partial charge in [-0.1, -0.05) is 37.3 Å². The van der Waals surface area contributed by atoms with Crippen molar-refractivity contribution in [2.45, 2.75) is 56.9 Å². The highest BCUT2D eigenvalue weighted by Gasteiger charge is 2.27. The van der Waals surface area contributed by atoms with Gasteiger partial charge in [-0.2, -0.15) is 0 Å². The number of rotatable bonds is 8. The lowest BCUT2D eigenvalue weighted by Gasteiger charge is -2.13. The fraction of sp³-hybridized carbons (Fsp3) is 0.381. The Morgan fingerprint density at radius 2 is 1.81 bits per heavy atom. The molecule has 0 aliphatic heterocycles. The molecule has 2 N–H and O–H groups in total. The van der Waals surface area contributed by atoms with Crippen molar-refractivity contribution in [2.24, 2.45) is 0 Å². The van der Waals surface area contributed by atoms with Crippen molar-refractivity contribution < 1.29 is 13.2 Å². The lowest BCUT2D eigenvalue weighted by molar-refractivity contribution is -0.116. The predicted octanol–water partition coefficient (Wildman–Crippen LogP) is 3.57. The van der Waals surface area contributed by atoms with Gasteiger partial charge in [-0.05, 0) is 61.4 Å². The Labute approximate surface area is 161 Å². The molecule has 0 atom stereocenters. The monoisotopic (exact) mass is 386 g/mol. The summed E-state index contributed by atoms with van der Waals surface area (Å²) in [6, 6.07) is 12.9. The highest BCUT2D eigenvalue weighted by atomic mass is 32.2. The van der Waals surface area contributed by atoms with Crippen molar-refractivity contribution in [3.63, 3.8) is 0 Å². The fourth-order valence-electron chi connectivity index (χ4n) is 2.99. The van der Waals surface area contributed by atoms with Crippen molar-refractivity contribution in [3.8, 4) is 0 Å². The van der Waals surface area contributed by atoms with Crippen LogP contribution in [0.5, 0.6) is 0 Å². The number of carbonyl (C=O) groups is 1. The van der Waals surface area contributed by atoms with Crippen LogP contribution in [0.25, 0.3) is 0 Å². The van der Waals surface area contributed by atoms with E-state index in [2.05, 4.69) is 17.0 Å². The Morgan fingerprint density at radius 1 is 1.11 bits per heavy atom. The average Bonchev–Trinajstić information content (AvgIpc) is 3.45. The Kier molecular flexibility index (Phi) is 5.97. The van der Waals surface area contributed by atoms with Crippen molar-refractivity contribution >= 4 is 21.6 Å². The minimum absolute atomic E-state index is 0.0360. The molecule has 2 aromatic rings. The fourth-order valence-corrected chi connectivity index (χ4v) is 4.29. The molecule has 144 valence electrons. The lowest BCUT2D eigenvalue weighted by atomic mass is 10.1. The summed E-state index contributed by atoms with van der Waals surface area (Å²) in [6.07, 6.45) is 3.60. The van der Waals surface area contributed by atoms with E-state index in [0.717, 1.165) is 41.6 Å². The Hall–Kier alpha value is -2.18. The van der Waals surface area contributed by atoms with E-state index >= 15 is 0 Å². The van der Waals surface area contributed by atoms with E-state index in [-0.39, 0.29) is 16.8 Å². The van der Waals surface area contributed by atoms with Crippen LogP contribution in [0.3, 0.4) is 0 Å². The van der Waals surface area contributed by atoms with Gasteiger partial charge in [0.2, 0.25) is 15.9 Å². The zero-order valence-corrected chi connectivity index (χ0v) is 16.6. The van der Waals surface area contributed by atoms with Gasteiger partial charge in [0.25, 0.3) is 0 Å². The minimum Gasteiger partial charge on any atom is -0.326 e. The van der Waals surface area contributed by atoms with Crippen molar-refractivity contribution in [3.05, 3.63) is 59.2 Å². The molecule has 1 fully saturated rings. The maximum absolute atomic E-state index is 12.3. The molecule has 2 aromatic carbocycles. The van der Waals surface area contributed by atoms with Gasteiger partial charge in [-0.3, -0.25) is 4.79 Å². The molecule has 0 unspecified atom stereocenters. The van der Waals surface area contributed by atoms with Crippen molar-refractivity contribution in [1.82, 2.24) is 4.72 Å². The second kappa shape index (κ2) is 8.23. The van der Waals surface area contributed by atoms with Gasteiger partial charge >= 0.3 is 0 Å². The summed E-state index contributed by atoms with van der Waals surface area (Å²) >= 11 is 0. The molecule has 1 aliphatic rings. The number of sulfonamides is 1. The highest BCUT2D eigenvalue weighted by Crippen LogP contribution is 2.23. The van der Waals surface area contributed by atoms with Crippen LogP contribution in [0.4, 0.5) is 5.69 Å². The van der Waals surface area contributed by atoms with E-state index in [1.807, 2.05) is 25.1 Å². The molecule has 27 heavy (non-hydrogen) atoms. The quantitative estimate of drug-likeness (QED) is 0.728. The third-order valence-corrected chi connectivity index (χ3v) is 6.31. The maximum atomic E-state index is 12.3. The molecule has 0 heterocycles. The molecule has 0 spiro atoms. The van der Waals surface area contributed by atoms with Gasteiger partial charge in [-0.15, -0.1) is 0 Å². The molecular weight excluding hydrogens is 360 g/mol. The molecule has 0 aromatic heterocycles. The summed E-state index contributed by atoms with van der Waals surface area (Å²) in [5.74, 6) is -0.0360. The molecule has 0 saturated heterocycles. The van der Waals surface area contributed by atoms with Crippen LogP contribution < -0.4 is 10.0 Å². The SMILES string of the molecule is CCc1cccc(C)c1NC(=O)CCc1ccc(S(=O)(=O)NC2CC2)cc1. The van der Waals surface area contributed by atoms with E-state index in [0.29, 0.717) is 12.8 Å². The second-order valence-electron chi connectivity index (χ2n) is 7.05. The van der Waals surface area contributed by atoms with E-state index in [1.54, 1.807) is 24.3 Å². The standard InChI is InChI=1S/C21H26N2O3S/c1-3-17-6-4-5-15(2)21(17)22-20(24)14-9-16-7-12-19(13-8-16)27(25,26)23-18-10-11-18/h4-8,12-13,18,23H,3,9-11,14H2,1-2H3,(H,22,24). The largest absolute Gasteiger partial charge is 0.326 e. The van der Waals surface area contributed by atoms with E-state index in [4.69, 9.17) is 0 Å². The summed E-state index contributed by atoms with van der Waals surface area (Å²) in [4.78, 5) is 12.6.